The molecule has 14 heavy (non-hydrogen) atoms. The van der Waals surface area contributed by atoms with Gasteiger partial charge in [0.15, 0.2) is 0 Å². The lowest BCUT2D eigenvalue weighted by atomic mass is 10.2. The summed E-state index contributed by atoms with van der Waals surface area (Å²) in [5.41, 5.74) is 0.649. The van der Waals surface area contributed by atoms with Crippen molar-refractivity contribution in [1.29, 1.82) is 5.26 Å². The molecule has 2 nitrogen and oxygen atoms in total. The lowest BCUT2D eigenvalue weighted by Crippen LogP contribution is -1.75. The monoisotopic (exact) mass is 267 g/mol. The Morgan fingerprint density at radius 1 is 1.50 bits per heavy atom. The highest BCUT2D eigenvalue weighted by Crippen LogP contribution is 2.35. The molecule has 0 amide bonds. The Kier molecular flexibility index (Phi) is 2.55. The summed E-state index contributed by atoms with van der Waals surface area (Å²) in [4.78, 5) is 0.898. The van der Waals surface area contributed by atoms with Crippen LogP contribution in [0, 0.1) is 11.3 Å². The highest BCUT2D eigenvalue weighted by atomic mass is 79.9. The van der Waals surface area contributed by atoms with E-state index < -0.39 is 0 Å². The van der Waals surface area contributed by atoms with Crippen LogP contribution in [0.25, 0.3) is 10.1 Å². The van der Waals surface area contributed by atoms with Gasteiger partial charge in [0.1, 0.15) is 0 Å². The summed E-state index contributed by atoms with van der Waals surface area (Å²) in [5, 5.41) is 18.8. The Bertz CT molecular complexity index is 527. The fourth-order valence-corrected chi connectivity index (χ4v) is 3.13. The van der Waals surface area contributed by atoms with Crippen molar-refractivity contribution in [3.63, 3.8) is 0 Å². The van der Waals surface area contributed by atoms with E-state index >= 15 is 0 Å². The molecule has 0 radical (unpaired) electrons. The van der Waals surface area contributed by atoms with Gasteiger partial charge in [-0.15, -0.1) is 11.3 Å². The van der Waals surface area contributed by atoms with Crippen LogP contribution in [0.5, 0.6) is 0 Å². The minimum Gasteiger partial charge on any atom is -0.391 e. The molecule has 0 saturated heterocycles. The first kappa shape index (κ1) is 9.66. The van der Waals surface area contributed by atoms with E-state index in [1.807, 2.05) is 12.1 Å². The summed E-state index contributed by atoms with van der Waals surface area (Å²) in [6.45, 7) is 0.0296. The van der Waals surface area contributed by atoms with E-state index in [4.69, 9.17) is 10.4 Å². The summed E-state index contributed by atoms with van der Waals surface area (Å²) in [7, 11) is 0. The average Bonchev–Trinajstić information content (AvgIpc) is 2.55. The second-order valence-corrected chi connectivity index (χ2v) is 4.75. The van der Waals surface area contributed by atoms with Gasteiger partial charge in [0, 0.05) is 19.4 Å². The number of halogens is 1. The van der Waals surface area contributed by atoms with E-state index in [0.717, 1.165) is 19.4 Å². The quantitative estimate of drug-likeness (QED) is 0.863. The van der Waals surface area contributed by atoms with Crippen molar-refractivity contribution < 1.29 is 5.11 Å². The molecule has 0 fully saturated rings. The summed E-state index contributed by atoms with van der Waals surface area (Å²) in [5.74, 6) is 0. The average molecular weight is 268 g/mol. The molecular formula is C10H6BrNOS. The van der Waals surface area contributed by atoms with Gasteiger partial charge in [-0.25, -0.2) is 0 Å². The van der Waals surface area contributed by atoms with Crippen LogP contribution >= 0.6 is 27.3 Å². The van der Waals surface area contributed by atoms with Crippen molar-refractivity contribution in [3.8, 4) is 6.07 Å². The van der Waals surface area contributed by atoms with E-state index in [9.17, 15) is 0 Å². The molecule has 0 saturated carbocycles. The zero-order valence-corrected chi connectivity index (χ0v) is 9.52. The second-order valence-electron chi connectivity index (χ2n) is 2.82. The maximum Gasteiger partial charge on any atom is 0.0992 e. The third kappa shape index (κ3) is 1.44. The van der Waals surface area contributed by atoms with Crippen LogP contribution in [0.15, 0.2) is 22.7 Å². The van der Waals surface area contributed by atoms with Crippen LogP contribution in [0.1, 0.15) is 10.4 Å². The standard InChI is InChI=1S/C10H6BrNOS/c11-10-7-2-1-6(4-12)3-8(7)14-9(10)5-13/h1-3,13H,5H2. The van der Waals surface area contributed by atoms with Crippen molar-refractivity contribution in [2.24, 2.45) is 0 Å². The van der Waals surface area contributed by atoms with Crippen LogP contribution in [0.4, 0.5) is 0 Å². The highest BCUT2D eigenvalue weighted by molar-refractivity contribution is 9.10. The van der Waals surface area contributed by atoms with Crippen molar-refractivity contribution in [1.82, 2.24) is 0 Å². The van der Waals surface area contributed by atoms with Gasteiger partial charge in [-0.1, -0.05) is 6.07 Å². The first-order valence-corrected chi connectivity index (χ1v) is 5.59. The van der Waals surface area contributed by atoms with E-state index in [0.29, 0.717) is 5.56 Å². The normalized spacial score (nSPS) is 10.4. The fraction of sp³-hybridized carbons (Fsp3) is 0.100. The van der Waals surface area contributed by atoms with Crippen LogP contribution < -0.4 is 0 Å². The van der Waals surface area contributed by atoms with Crippen LogP contribution in [0.2, 0.25) is 0 Å². The highest BCUT2D eigenvalue weighted by Gasteiger charge is 2.08. The first-order valence-electron chi connectivity index (χ1n) is 3.98. The third-order valence-electron chi connectivity index (χ3n) is 1.97. The minimum absolute atomic E-state index is 0.0296. The number of fused-ring (bicyclic) bond motifs is 1. The van der Waals surface area contributed by atoms with E-state index in [2.05, 4.69) is 22.0 Å². The topological polar surface area (TPSA) is 44.0 Å². The molecule has 0 bridgehead atoms. The van der Waals surface area contributed by atoms with E-state index in [1.54, 1.807) is 6.07 Å². The number of thiophene rings is 1. The minimum atomic E-state index is 0.0296. The van der Waals surface area contributed by atoms with Crippen molar-refractivity contribution in [2.75, 3.05) is 0 Å². The number of rotatable bonds is 1. The zero-order valence-electron chi connectivity index (χ0n) is 7.12. The second kappa shape index (κ2) is 3.70. The Balaban J connectivity index is 2.74. The predicted octanol–water partition coefficient (Wildman–Crippen LogP) is 3.03. The van der Waals surface area contributed by atoms with E-state index in [1.165, 1.54) is 11.3 Å². The van der Waals surface area contributed by atoms with Crippen molar-refractivity contribution >= 4 is 37.4 Å². The molecule has 0 aliphatic rings. The molecule has 1 heterocycles. The molecule has 4 heteroatoms. The molecule has 2 rings (SSSR count). The van der Waals surface area contributed by atoms with Gasteiger partial charge < -0.3 is 5.11 Å². The predicted molar refractivity (Wildman–Crippen MR) is 60.2 cm³/mol. The summed E-state index contributed by atoms with van der Waals surface area (Å²) < 4.78 is 1.96. The number of benzene rings is 1. The number of hydrogen-bond acceptors (Lipinski definition) is 3. The molecule has 0 aliphatic carbocycles. The molecule has 1 aromatic heterocycles. The molecule has 0 unspecified atom stereocenters. The Morgan fingerprint density at radius 3 is 2.93 bits per heavy atom. The van der Waals surface area contributed by atoms with Crippen molar-refractivity contribution in [2.45, 2.75) is 6.61 Å². The van der Waals surface area contributed by atoms with Crippen LogP contribution in [-0.4, -0.2) is 5.11 Å². The maximum atomic E-state index is 9.06. The van der Waals surface area contributed by atoms with Gasteiger partial charge >= 0.3 is 0 Å². The van der Waals surface area contributed by atoms with Crippen LogP contribution in [-0.2, 0) is 6.61 Å². The zero-order chi connectivity index (χ0) is 10.1. The van der Waals surface area contributed by atoms with Crippen LogP contribution in [0.3, 0.4) is 0 Å². The lowest BCUT2D eigenvalue weighted by Gasteiger charge is -1.91. The molecule has 1 aromatic carbocycles. The molecular weight excluding hydrogens is 262 g/mol. The number of aliphatic hydroxyl groups is 1. The van der Waals surface area contributed by atoms with E-state index in [-0.39, 0.29) is 6.61 Å². The summed E-state index contributed by atoms with van der Waals surface area (Å²) in [6.07, 6.45) is 0. The van der Waals surface area contributed by atoms with Gasteiger partial charge in [-0.2, -0.15) is 5.26 Å². The number of hydrogen-bond donors (Lipinski definition) is 1. The molecule has 0 atom stereocenters. The number of nitrogens with zero attached hydrogens (tertiary/aromatic N) is 1. The Morgan fingerprint density at radius 2 is 2.29 bits per heavy atom. The van der Waals surface area contributed by atoms with Gasteiger partial charge in [0.25, 0.3) is 0 Å². The Labute approximate surface area is 93.5 Å². The molecule has 1 N–H and O–H groups in total. The van der Waals surface area contributed by atoms with Gasteiger partial charge in [0.2, 0.25) is 0 Å². The van der Waals surface area contributed by atoms with Crippen molar-refractivity contribution in [3.05, 3.63) is 33.1 Å². The number of nitriles is 1. The molecule has 0 spiro atoms. The summed E-state index contributed by atoms with van der Waals surface area (Å²) >= 11 is 4.93. The fourth-order valence-electron chi connectivity index (χ4n) is 1.29. The van der Waals surface area contributed by atoms with Gasteiger partial charge in [-0.05, 0) is 28.1 Å². The van der Waals surface area contributed by atoms with Gasteiger partial charge in [0.05, 0.1) is 18.2 Å². The van der Waals surface area contributed by atoms with Gasteiger partial charge in [-0.3, -0.25) is 0 Å². The summed E-state index contributed by atoms with van der Waals surface area (Å²) in [6, 6.07) is 7.61. The molecule has 0 aliphatic heterocycles. The Hall–Kier alpha value is -0.890. The SMILES string of the molecule is N#Cc1ccc2c(Br)c(CO)sc2c1. The molecule has 2 aromatic rings. The third-order valence-corrected chi connectivity index (χ3v) is 4.27. The largest absolute Gasteiger partial charge is 0.391 e. The number of aliphatic hydroxyl groups excluding tert-OH is 1. The lowest BCUT2D eigenvalue weighted by molar-refractivity contribution is 0.285. The smallest absolute Gasteiger partial charge is 0.0992 e. The maximum absolute atomic E-state index is 9.06. The first-order chi connectivity index (χ1) is 6.76. The molecule has 70 valence electrons.